The molecule has 136 valence electrons. The third kappa shape index (κ3) is 3.29. The number of anilines is 2. The molecule has 7 nitrogen and oxygen atoms in total. The fourth-order valence-corrected chi connectivity index (χ4v) is 3.09. The molecule has 4 rings (SSSR count). The Labute approximate surface area is 154 Å². The van der Waals surface area contributed by atoms with Gasteiger partial charge < -0.3 is 10.2 Å². The van der Waals surface area contributed by atoms with Crippen LogP contribution in [0.2, 0.25) is 0 Å². The number of nitrogens with zero attached hydrogens (tertiary/aromatic N) is 4. The fourth-order valence-electron chi connectivity index (χ4n) is 3.09. The van der Waals surface area contributed by atoms with Crippen LogP contribution in [-0.4, -0.2) is 33.1 Å². The van der Waals surface area contributed by atoms with Crippen molar-refractivity contribution in [2.45, 2.75) is 6.42 Å². The van der Waals surface area contributed by atoms with Crippen LogP contribution in [0.25, 0.3) is 5.82 Å². The summed E-state index contributed by atoms with van der Waals surface area (Å²) < 4.78 is 15.5. The number of carbonyl (C=O) groups is 2. The van der Waals surface area contributed by atoms with E-state index in [1.54, 1.807) is 53.6 Å². The number of amides is 2. The number of rotatable bonds is 4. The summed E-state index contributed by atoms with van der Waals surface area (Å²) in [5, 5.41) is 6.94. The average molecular weight is 365 g/mol. The average Bonchev–Trinajstić information content (AvgIpc) is 3.33. The topological polar surface area (TPSA) is 80.1 Å². The molecule has 1 aliphatic heterocycles. The molecule has 1 aromatic carbocycles. The third-order valence-electron chi connectivity index (χ3n) is 4.41. The summed E-state index contributed by atoms with van der Waals surface area (Å²) in [4.78, 5) is 30.6. The highest BCUT2D eigenvalue weighted by Crippen LogP contribution is 2.28. The van der Waals surface area contributed by atoms with Gasteiger partial charge in [-0.2, -0.15) is 5.10 Å². The standard InChI is InChI=1S/C19H16FN5O2/c20-14-5-1-2-7-16(14)24-12-13(11-17(24)26)19(27)23-15-6-3-8-21-18(15)25-10-4-9-22-25/h1-10,13H,11-12H2,(H,23,27). The Hall–Kier alpha value is -3.55. The van der Waals surface area contributed by atoms with Crippen molar-refractivity contribution in [3.8, 4) is 5.82 Å². The zero-order chi connectivity index (χ0) is 18.8. The molecule has 8 heteroatoms. The van der Waals surface area contributed by atoms with Crippen molar-refractivity contribution in [1.29, 1.82) is 0 Å². The molecule has 2 aromatic heterocycles. The first-order valence-electron chi connectivity index (χ1n) is 8.44. The van der Waals surface area contributed by atoms with Crippen LogP contribution < -0.4 is 10.2 Å². The zero-order valence-corrected chi connectivity index (χ0v) is 14.2. The van der Waals surface area contributed by atoms with Crippen LogP contribution in [0.4, 0.5) is 15.8 Å². The van der Waals surface area contributed by atoms with Crippen LogP contribution in [0.1, 0.15) is 6.42 Å². The summed E-state index contributed by atoms with van der Waals surface area (Å²) in [6.07, 6.45) is 4.96. The van der Waals surface area contributed by atoms with Crippen LogP contribution in [-0.2, 0) is 9.59 Å². The predicted octanol–water partition coefficient (Wildman–Crippen LogP) is 2.40. The number of halogens is 1. The van der Waals surface area contributed by atoms with E-state index in [-0.39, 0.29) is 30.5 Å². The first-order chi connectivity index (χ1) is 13.1. The molecule has 0 spiro atoms. The Morgan fingerprint density at radius 1 is 1.15 bits per heavy atom. The van der Waals surface area contributed by atoms with Gasteiger partial charge in [0.15, 0.2) is 5.82 Å². The van der Waals surface area contributed by atoms with Gasteiger partial charge in [0, 0.05) is 31.6 Å². The van der Waals surface area contributed by atoms with Crippen LogP contribution >= 0.6 is 0 Å². The van der Waals surface area contributed by atoms with Gasteiger partial charge in [-0.1, -0.05) is 12.1 Å². The van der Waals surface area contributed by atoms with Gasteiger partial charge in [0.25, 0.3) is 0 Å². The largest absolute Gasteiger partial charge is 0.323 e. The highest BCUT2D eigenvalue weighted by molar-refractivity contribution is 6.04. The van der Waals surface area contributed by atoms with Crippen molar-refractivity contribution in [1.82, 2.24) is 14.8 Å². The van der Waals surface area contributed by atoms with Crippen molar-refractivity contribution in [2.24, 2.45) is 5.92 Å². The molecule has 0 radical (unpaired) electrons. The van der Waals surface area contributed by atoms with E-state index >= 15 is 0 Å². The number of pyridine rings is 1. The first-order valence-corrected chi connectivity index (χ1v) is 8.44. The van der Waals surface area contributed by atoms with E-state index in [0.29, 0.717) is 11.5 Å². The summed E-state index contributed by atoms with van der Waals surface area (Å²) in [7, 11) is 0. The maximum Gasteiger partial charge on any atom is 0.229 e. The second kappa shape index (κ2) is 6.99. The van der Waals surface area contributed by atoms with E-state index in [1.807, 2.05) is 0 Å². The van der Waals surface area contributed by atoms with Gasteiger partial charge in [-0.3, -0.25) is 9.59 Å². The van der Waals surface area contributed by atoms with Crippen molar-refractivity contribution >= 4 is 23.2 Å². The minimum atomic E-state index is -0.581. The number of nitrogens with one attached hydrogen (secondary N) is 1. The van der Waals surface area contributed by atoms with Gasteiger partial charge in [-0.05, 0) is 30.3 Å². The van der Waals surface area contributed by atoms with Gasteiger partial charge in [0.2, 0.25) is 11.8 Å². The maximum absolute atomic E-state index is 14.0. The van der Waals surface area contributed by atoms with Crippen LogP contribution in [0.5, 0.6) is 0 Å². The third-order valence-corrected chi connectivity index (χ3v) is 4.41. The van der Waals surface area contributed by atoms with Crippen molar-refractivity contribution in [2.75, 3.05) is 16.8 Å². The zero-order valence-electron chi connectivity index (χ0n) is 14.2. The highest BCUT2D eigenvalue weighted by atomic mass is 19.1. The fraction of sp³-hybridized carbons (Fsp3) is 0.158. The van der Waals surface area contributed by atoms with Gasteiger partial charge in [-0.25, -0.2) is 14.1 Å². The predicted molar refractivity (Wildman–Crippen MR) is 96.8 cm³/mol. The molecule has 1 aliphatic rings. The van der Waals surface area contributed by atoms with E-state index < -0.39 is 11.7 Å². The van der Waals surface area contributed by atoms with Gasteiger partial charge in [-0.15, -0.1) is 0 Å². The van der Waals surface area contributed by atoms with E-state index in [0.717, 1.165) is 0 Å². The quantitative estimate of drug-likeness (QED) is 0.770. The number of aromatic nitrogens is 3. The lowest BCUT2D eigenvalue weighted by Gasteiger charge is -2.17. The molecule has 1 N–H and O–H groups in total. The lowest BCUT2D eigenvalue weighted by Crippen LogP contribution is -2.29. The number of benzene rings is 1. The van der Waals surface area contributed by atoms with E-state index in [2.05, 4.69) is 15.4 Å². The molecule has 1 unspecified atom stereocenters. The second-order valence-corrected chi connectivity index (χ2v) is 6.17. The molecule has 0 saturated carbocycles. The molecule has 2 amide bonds. The molecule has 1 atom stereocenters. The van der Waals surface area contributed by atoms with Gasteiger partial charge in [0.05, 0.1) is 17.3 Å². The first kappa shape index (κ1) is 16.9. The molecule has 1 saturated heterocycles. The van der Waals surface area contributed by atoms with Gasteiger partial charge in [0.1, 0.15) is 5.82 Å². The number of hydrogen-bond acceptors (Lipinski definition) is 4. The van der Waals surface area contributed by atoms with Crippen LogP contribution in [0.15, 0.2) is 61.1 Å². The smallest absolute Gasteiger partial charge is 0.229 e. The minimum Gasteiger partial charge on any atom is -0.323 e. The molecule has 0 bridgehead atoms. The van der Waals surface area contributed by atoms with E-state index in [1.165, 1.54) is 17.0 Å². The summed E-state index contributed by atoms with van der Waals surface area (Å²) in [6.45, 7) is 0.128. The number of para-hydroxylation sites is 1. The molecule has 27 heavy (non-hydrogen) atoms. The van der Waals surface area contributed by atoms with E-state index in [9.17, 15) is 14.0 Å². The van der Waals surface area contributed by atoms with Crippen LogP contribution in [0, 0.1) is 11.7 Å². The summed E-state index contributed by atoms with van der Waals surface area (Å²) in [5.41, 5.74) is 0.680. The Balaban J connectivity index is 1.52. The highest BCUT2D eigenvalue weighted by Gasteiger charge is 2.36. The minimum absolute atomic E-state index is 0.0253. The molecule has 3 aromatic rings. The number of hydrogen-bond donors (Lipinski definition) is 1. The van der Waals surface area contributed by atoms with Crippen molar-refractivity contribution in [3.05, 3.63) is 66.9 Å². The molecule has 3 heterocycles. The monoisotopic (exact) mass is 365 g/mol. The lowest BCUT2D eigenvalue weighted by atomic mass is 10.1. The Morgan fingerprint density at radius 2 is 2.00 bits per heavy atom. The van der Waals surface area contributed by atoms with Crippen molar-refractivity contribution in [3.63, 3.8) is 0 Å². The summed E-state index contributed by atoms with van der Waals surface area (Å²) >= 11 is 0. The van der Waals surface area contributed by atoms with Crippen molar-refractivity contribution < 1.29 is 14.0 Å². The molecular formula is C19H16FN5O2. The SMILES string of the molecule is O=C(Nc1cccnc1-n1cccn1)C1CC(=O)N(c2ccccc2F)C1. The second-order valence-electron chi connectivity index (χ2n) is 6.17. The normalized spacial score (nSPS) is 16.6. The maximum atomic E-state index is 14.0. The van der Waals surface area contributed by atoms with Crippen LogP contribution in [0.3, 0.4) is 0 Å². The summed E-state index contributed by atoms with van der Waals surface area (Å²) in [6, 6.07) is 11.2. The number of carbonyl (C=O) groups excluding carboxylic acids is 2. The Bertz CT molecular complexity index is 989. The molecule has 1 fully saturated rings. The molecule has 0 aliphatic carbocycles. The lowest BCUT2D eigenvalue weighted by molar-refractivity contribution is -0.122. The summed E-state index contributed by atoms with van der Waals surface area (Å²) in [5.74, 6) is -1.18. The van der Waals surface area contributed by atoms with Gasteiger partial charge >= 0.3 is 0 Å². The Morgan fingerprint density at radius 3 is 2.78 bits per heavy atom. The molecular weight excluding hydrogens is 349 g/mol. The van der Waals surface area contributed by atoms with E-state index in [4.69, 9.17) is 0 Å². The Kier molecular flexibility index (Phi) is 4.37.